The summed E-state index contributed by atoms with van der Waals surface area (Å²) in [5, 5.41) is 15.3. The number of ether oxygens (including phenoxy) is 1. The summed E-state index contributed by atoms with van der Waals surface area (Å²) >= 11 is 0. The number of aromatic amines is 3. The maximum absolute atomic E-state index is 14.5. The fraction of sp³-hybridized carbons (Fsp3) is 0.154. The molecule has 0 spiro atoms. The minimum Gasteiger partial charge on any atom is -0.492 e. The van der Waals surface area contributed by atoms with Crippen LogP contribution in [0.4, 0.5) is 4.39 Å². The molecule has 0 bridgehead atoms. The van der Waals surface area contributed by atoms with Crippen molar-refractivity contribution in [2.24, 2.45) is 0 Å². The Morgan fingerprint density at radius 2 is 1.92 bits per heavy atom. The third-order valence-corrected chi connectivity index (χ3v) is 5.99. The van der Waals surface area contributed by atoms with Crippen molar-refractivity contribution in [1.29, 1.82) is 0 Å². The molecular weight excluding hydrogens is 459 g/mol. The van der Waals surface area contributed by atoms with Crippen LogP contribution in [0, 0.1) is 5.82 Å². The summed E-state index contributed by atoms with van der Waals surface area (Å²) in [6.07, 6.45) is 7.00. The predicted octanol–water partition coefficient (Wildman–Crippen LogP) is 4.64. The van der Waals surface area contributed by atoms with Crippen LogP contribution in [0.1, 0.15) is 0 Å². The SMILES string of the molecule is CN(C)CCOc1cc(F)cc(-c2cncc3[nH]c(-c4n[nH]c5ccc(-c6cn[nH]c6)nc45)cc23)c1. The minimum absolute atomic E-state index is 0.366. The second-order valence-corrected chi connectivity index (χ2v) is 8.81. The van der Waals surface area contributed by atoms with Gasteiger partial charge in [-0.05, 0) is 50.0 Å². The van der Waals surface area contributed by atoms with Gasteiger partial charge < -0.3 is 14.6 Å². The predicted molar refractivity (Wildman–Crippen MR) is 136 cm³/mol. The van der Waals surface area contributed by atoms with E-state index in [1.807, 2.05) is 43.3 Å². The monoisotopic (exact) mass is 482 g/mol. The van der Waals surface area contributed by atoms with Crippen molar-refractivity contribution >= 4 is 21.9 Å². The molecule has 36 heavy (non-hydrogen) atoms. The maximum Gasteiger partial charge on any atom is 0.135 e. The Kier molecular flexibility index (Phi) is 5.42. The molecule has 0 fully saturated rings. The number of hydrogen-bond donors (Lipinski definition) is 3. The van der Waals surface area contributed by atoms with E-state index in [0.29, 0.717) is 23.6 Å². The highest BCUT2D eigenvalue weighted by atomic mass is 19.1. The van der Waals surface area contributed by atoms with Crippen molar-refractivity contribution < 1.29 is 9.13 Å². The van der Waals surface area contributed by atoms with Crippen LogP contribution in [0.3, 0.4) is 0 Å². The first-order chi connectivity index (χ1) is 17.5. The molecule has 5 aromatic heterocycles. The van der Waals surface area contributed by atoms with Gasteiger partial charge in [0, 0.05) is 41.5 Å². The number of nitrogens with one attached hydrogen (secondary N) is 3. The van der Waals surface area contributed by atoms with Crippen LogP contribution in [0.25, 0.3) is 55.7 Å². The summed E-state index contributed by atoms with van der Waals surface area (Å²) in [5.41, 5.74) is 6.98. The molecule has 3 N–H and O–H groups in total. The van der Waals surface area contributed by atoms with Gasteiger partial charge in [0.25, 0.3) is 0 Å². The van der Waals surface area contributed by atoms with Crippen molar-refractivity contribution in [3.05, 3.63) is 67.0 Å². The summed E-state index contributed by atoms with van der Waals surface area (Å²) in [5.74, 6) is 0.114. The van der Waals surface area contributed by atoms with E-state index >= 15 is 0 Å². The molecule has 9 nitrogen and oxygen atoms in total. The highest BCUT2D eigenvalue weighted by molar-refractivity contribution is 6.00. The number of fused-ring (bicyclic) bond motifs is 2. The number of nitrogens with zero attached hydrogens (tertiary/aromatic N) is 5. The third kappa shape index (κ3) is 4.07. The molecule has 0 unspecified atom stereocenters. The number of hydrogen-bond acceptors (Lipinski definition) is 6. The Hall–Kier alpha value is -4.57. The van der Waals surface area contributed by atoms with Gasteiger partial charge in [-0.15, -0.1) is 0 Å². The van der Waals surface area contributed by atoms with Crippen molar-refractivity contribution in [3.8, 4) is 39.5 Å². The molecule has 0 aliphatic rings. The van der Waals surface area contributed by atoms with Crippen LogP contribution < -0.4 is 4.74 Å². The van der Waals surface area contributed by atoms with Gasteiger partial charge in [-0.25, -0.2) is 9.37 Å². The van der Waals surface area contributed by atoms with Crippen LogP contribution in [-0.4, -0.2) is 67.5 Å². The van der Waals surface area contributed by atoms with Gasteiger partial charge >= 0.3 is 0 Å². The van der Waals surface area contributed by atoms with Gasteiger partial charge in [-0.3, -0.25) is 15.2 Å². The van der Waals surface area contributed by atoms with Gasteiger partial charge in [0.2, 0.25) is 0 Å². The van der Waals surface area contributed by atoms with Gasteiger partial charge in [0.15, 0.2) is 0 Å². The van der Waals surface area contributed by atoms with E-state index in [0.717, 1.165) is 51.0 Å². The van der Waals surface area contributed by atoms with Crippen molar-refractivity contribution in [3.63, 3.8) is 0 Å². The zero-order valence-corrected chi connectivity index (χ0v) is 19.7. The van der Waals surface area contributed by atoms with Gasteiger partial charge in [-0.2, -0.15) is 10.2 Å². The first-order valence-corrected chi connectivity index (χ1v) is 11.4. The van der Waals surface area contributed by atoms with Crippen LogP contribution in [0.15, 0.2) is 61.2 Å². The van der Waals surface area contributed by atoms with Crippen LogP contribution in [0.2, 0.25) is 0 Å². The van der Waals surface area contributed by atoms with Gasteiger partial charge in [0.05, 0.1) is 34.8 Å². The van der Waals surface area contributed by atoms with E-state index in [1.165, 1.54) is 12.1 Å². The molecule has 6 rings (SSSR count). The molecule has 0 saturated carbocycles. The van der Waals surface area contributed by atoms with Crippen LogP contribution >= 0.6 is 0 Å². The van der Waals surface area contributed by atoms with E-state index in [2.05, 4.69) is 30.4 Å². The lowest BCUT2D eigenvalue weighted by Gasteiger charge is -2.12. The maximum atomic E-state index is 14.5. The van der Waals surface area contributed by atoms with Gasteiger partial charge in [0.1, 0.15) is 29.4 Å². The number of likely N-dealkylation sites (N-methyl/N-ethyl adjacent to an activating group) is 1. The van der Waals surface area contributed by atoms with E-state index in [1.54, 1.807) is 24.8 Å². The Morgan fingerprint density at radius 3 is 2.75 bits per heavy atom. The highest BCUT2D eigenvalue weighted by Crippen LogP contribution is 2.35. The van der Waals surface area contributed by atoms with Crippen molar-refractivity contribution in [1.82, 2.24) is 40.2 Å². The second kappa shape index (κ2) is 8.90. The summed E-state index contributed by atoms with van der Waals surface area (Å²) in [7, 11) is 3.93. The summed E-state index contributed by atoms with van der Waals surface area (Å²) in [6.45, 7) is 1.20. The zero-order chi connectivity index (χ0) is 24.6. The fourth-order valence-corrected chi connectivity index (χ4v) is 4.19. The molecule has 5 heterocycles. The molecule has 0 aliphatic heterocycles. The molecule has 0 radical (unpaired) electrons. The average molecular weight is 483 g/mol. The zero-order valence-electron chi connectivity index (χ0n) is 19.7. The molecule has 0 atom stereocenters. The Labute approximate surface area is 205 Å². The van der Waals surface area contributed by atoms with Crippen molar-refractivity contribution in [2.45, 2.75) is 0 Å². The van der Waals surface area contributed by atoms with E-state index in [4.69, 9.17) is 9.72 Å². The van der Waals surface area contributed by atoms with Crippen LogP contribution in [0.5, 0.6) is 5.75 Å². The molecule has 180 valence electrons. The number of rotatable bonds is 7. The van der Waals surface area contributed by atoms with Gasteiger partial charge in [-0.1, -0.05) is 0 Å². The first-order valence-electron chi connectivity index (χ1n) is 11.4. The lowest BCUT2D eigenvalue weighted by Crippen LogP contribution is -2.19. The summed E-state index contributed by atoms with van der Waals surface area (Å²) < 4.78 is 20.3. The summed E-state index contributed by atoms with van der Waals surface area (Å²) in [4.78, 5) is 14.6. The fourth-order valence-electron chi connectivity index (χ4n) is 4.19. The topological polar surface area (TPSA) is 111 Å². The average Bonchev–Trinajstić information content (AvgIpc) is 3.62. The standard InChI is InChI=1S/C26H23FN8O/c1-35(2)5-6-36-18-8-15(7-17(27)9-18)20-13-28-14-24-19(20)10-23(31-24)26-25-22(33-34-26)4-3-21(32-25)16-11-29-30-12-16/h3-4,7-14,31H,5-6H2,1-2H3,(H,29,30)(H,33,34). The number of pyridine rings is 2. The molecule has 0 saturated heterocycles. The quantitative estimate of drug-likeness (QED) is 0.306. The van der Waals surface area contributed by atoms with Crippen LogP contribution in [-0.2, 0) is 0 Å². The number of aromatic nitrogens is 7. The third-order valence-electron chi connectivity index (χ3n) is 5.99. The Bertz CT molecular complexity index is 1670. The van der Waals surface area contributed by atoms with E-state index in [-0.39, 0.29) is 5.82 Å². The van der Waals surface area contributed by atoms with E-state index in [9.17, 15) is 4.39 Å². The number of H-pyrrole nitrogens is 3. The highest BCUT2D eigenvalue weighted by Gasteiger charge is 2.16. The second-order valence-electron chi connectivity index (χ2n) is 8.81. The number of halogens is 1. The first kappa shape index (κ1) is 21.9. The number of benzene rings is 1. The lowest BCUT2D eigenvalue weighted by molar-refractivity contribution is 0.260. The Balaban J connectivity index is 1.41. The van der Waals surface area contributed by atoms with E-state index < -0.39 is 0 Å². The molecular formula is C26H23FN8O. The molecule has 0 amide bonds. The Morgan fingerprint density at radius 1 is 1.00 bits per heavy atom. The molecule has 1 aromatic carbocycles. The largest absolute Gasteiger partial charge is 0.492 e. The molecule has 10 heteroatoms. The normalized spacial score (nSPS) is 11.7. The smallest absolute Gasteiger partial charge is 0.135 e. The summed E-state index contributed by atoms with van der Waals surface area (Å²) in [6, 6.07) is 10.6. The molecule has 0 aliphatic carbocycles. The molecule has 6 aromatic rings. The minimum atomic E-state index is -0.366. The van der Waals surface area contributed by atoms with Crippen molar-refractivity contribution in [2.75, 3.05) is 27.2 Å². The lowest BCUT2D eigenvalue weighted by atomic mass is 10.0.